The Balaban J connectivity index is 2.65. The summed E-state index contributed by atoms with van der Waals surface area (Å²) < 4.78 is -1.78. The van der Waals surface area contributed by atoms with Crippen LogP contribution in [0, 0.1) is 10.1 Å². The second kappa shape index (κ2) is 9.91. The second-order valence-electron chi connectivity index (χ2n) is 5.30. The minimum Gasteiger partial charge on any atom is -0.362 e. The Kier molecular flexibility index (Phi) is 8.59. The van der Waals surface area contributed by atoms with Gasteiger partial charge in [0.25, 0.3) is 5.69 Å². The van der Waals surface area contributed by atoms with E-state index in [1.165, 1.54) is 24.3 Å². The highest BCUT2D eigenvalue weighted by molar-refractivity contribution is 6.68. The summed E-state index contributed by atoms with van der Waals surface area (Å²) in [5, 5.41) is 16.2. The highest BCUT2D eigenvalue weighted by Gasteiger charge is 2.34. The van der Waals surface area contributed by atoms with E-state index < -0.39 is 14.9 Å². The SMILES string of the molecule is CCCCCCC(=O)NC(Nc1ccc([N+](=O)[O-])cc1)C(Cl)(Cl)Cl. The molecule has 1 rings (SSSR count). The van der Waals surface area contributed by atoms with Gasteiger partial charge in [-0.05, 0) is 18.6 Å². The van der Waals surface area contributed by atoms with E-state index in [9.17, 15) is 14.9 Å². The molecule has 1 aromatic carbocycles. The van der Waals surface area contributed by atoms with Crippen molar-refractivity contribution in [1.29, 1.82) is 0 Å². The predicted octanol–water partition coefficient (Wildman–Crippen LogP) is 4.79. The zero-order valence-corrected chi connectivity index (χ0v) is 15.5. The van der Waals surface area contributed by atoms with Crippen molar-refractivity contribution in [3.05, 3.63) is 34.4 Å². The third-order valence-corrected chi connectivity index (χ3v) is 3.93. The molecule has 2 N–H and O–H groups in total. The Hall–Kier alpha value is -1.24. The summed E-state index contributed by atoms with van der Waals surface area (Å²) in [6.45, 7) is 2.09. The molecule has 0 radical (unpaired) electrons. The van der Waals surface area contributed by atoms with Crippen LogP contribution in [0.2, 0.25) is 0 Å². The maximum Gasteiger partial charge on any atom is 0.269 e. The quantitative estimate of drug-likeness (QED) is 0.207. The van der Waals surface area contributed by atoms with Crippen LogP contribution in [-0.4, -0.2) is 20.8 Å². The highest BCUT2D eigenvalue weighted by atomic mass is 35.6. The summed E-state index contributed by atoms with van der Waals surface area (Å²) in [5.41, 5.74) is 0.439. The molecule has 1 aromatic rings. The van der Waals surface area contributed by atoms with Gasteiger partial charge in [-0.15, -0.1) is 0 Å². The third-order valence-electron chi connectivity index (χ3n) is 3.28. The number of benzene rings is 1. The molecule has 1 unspecified atom stereocenters. The largest absolute Gasteiger partial charge is 0.362 e. The van der Waals surface area contributed by atoms with Crippen LogP contribution in [0.3, 0.4) is 0 Å². The number of unbranched alkanes of at least 4 members (excludes halogenated alkanes) is 3. The Labute approximate surface area is 156 Å². The van der Waals surface area contributed by atoms with Crippen LogP contribution in [0.4, 0.5) is 11.4 Å². The number of nitrogens with one attached hydrogen (secondary N) is 2. The van der Waals surface area contributed by atoms with Crippen LogP contribution in [0.25, 0.3) is 0 Å². The first-order chi connectivity index (χ1) is 11.2. The number of non-ortho nitro benzene ring substituents is 1. The van der Waals surface area contributed by atoms with Gasteiger partial charge in [0.05, 0.1) is 4.92 Å². The number of nitro groups is 1. The zero-order chi connectivity index (χ0) is 18.2. The van der Waals surface area contributed by atoms with E-state index in [4.69, 9.17) is 34.8 Å². The number of anilines is 1. The lowest BCUT2D eigenvalue weighted by atomic mass is 10.1. The average molecular weight is 397 g/mol. The molecule has 0 aliphatic heterocycles. The van der Waals surface area contributed by atoms with Gasteiger partial charge in [-0.3, -0.25) is 14.9 Å². The van der Waals surface area contributed by atoms with E-state index in [0.717, 1.165) is 25.7 Å². The molecule has 0 saturated carbocycles. The molecule has 0 fully saturated rings. The van der Waals surface area contributed by atoms with Gasteiger partial charge in [0, 0.05) is 24.2 Å². The lowest BCUT2D eigenvalue weighted by molar-refractivity contribution is -0.384. The smallest absolute Gasteiger partial charge is 0.269 e. The van der Waals surface area contributed by atoms with Gasteiger partial charge in [-0.2, -0.15) is 0 Å². The topological polar surface area (TPSA) is 84.3 Å². The highest BCUT2D eigenvalue weighted by Crippen LogP contribution is 2.31. The Bertz CT molecular complexity index is 547. The molecule has 1 atom stereocenters. The summed E-state index contributed by atoms with van der Waals surface area (Å²) >= 11 is 17.7. The molecule has 1 amide bonds. The molecule has 0 aromatic heterocycles. The Morgan fingerprint density at radius 1 is 1.21 bits per heavy atom. The molecule has 0 spiro atoms. The van der Waals surface area contributed by atoms with Gasteiger partial charge < -0.3 is 10.6 Å². The van der Waals surface area contributed by atoms with E-state index in [2.05, 4.69) is 17.6 Å². The van der Waals surface area contributed by atoms with Gasteiger partial charge >= 0.3 is 0 Å². The number of rotatable bonds is 9. The number of hydrogen-bond acceptors (Lipinski definition) is 4. The van der Waals surface area contributed by atoms with E-state index in [1.54, 1.807) is 0 Å². The van der Waals surface area contributed by atoms with Crippen LogP contribution in [0.1, 0.15) is 39.0 Å². The molecular weight excluding hydrogens is 377 g/mol. The van der Waals surface area contributed by atoms with Crippen molar-refractivity contribution < 1.29 is 9.72 Å². The number of nitrogens with zero attached hydrogens (tertiary/aromatic N) is 1. The average Bonchev–Trinajstić information content (AvgIpc) is 2.50. The van der Waals surface area contributed by atoms with Crippen LogP contribution in [0.15, 0.2) is 24.3 Å². The number of alkyl halides is 3. The lowest BCUT2D eigenvalue weighted by Crippen LogP contribution is -2.49. The summed E-state index contributed by atoms with van der Waals surface area (Å²) in [5.74, 6) is -0.225. The van der Waals surface area contributed by atoms with Gasteiger partial charge in [0.15, 0.2) is 0 Å². The summed E-state index contributed by atoms with van der Waals surface area (Å²) in [6, 6.07) is 5.61. The maximum absolute atomic E-state index is 12.0. The number of carbonyl (C=O) groups is 1. The van der Waals surface area contributed by atoms with Crippen LogP contribution in [0.5, 0.6) is 0 Å². The summed E-state index contributed by atoms with van der Waals surface area (Å²) in [7, 11) is 0. The first kappa shape index (κ1) is 20.8. The monoisotopic (exact) mass is 395 g/mol. The van der Waals surface area contributed by atoms with E-state index in [1.807, 2.05) is 0 Å². The van der Waals surface area contributed by atoms with Gasteiger partial charge in [0.1, 0.15) is 6.17 Å². The van der Waals surface area contributed by atoms with Crippen LogP contribution >= 0.6 is 34.8 Å². The molecule has 0 aliphatic rings. The van der Waals surface area contributed by atoms with Gasteiger partial charge in [0.2, 0.25) is 9.70 Å². The number of carbonyl (C=O) groups excluding carboxylic acids is 1. The van der Waals surface area contributed by atoms with Crippen molar-refractivity contribution in [2.75, 3.05) is 5.32 Å². The lowest BCUT2D eigenvalue weighted by Gasteiger charge is -2.27. The summed E-state index contributed by atoms with van der Waals surface area (Å²) in [6.07, 6.45) is 3.28. The molecule has 9 heteroatoms. The minimum absolute atomic E-state index is 0.0501. The van der Waals surface area contributed by atoms with Crippen molar-refractivity contribution in [3.8, 4) is 0 Å². The van der Waals surface area contributed by atoms with Crippen molar-refractivity contribution in [1.82, 2.24) is 5.32 Å². The van der Waals surface area contributed by atoms with E-state index in [0.29, 0.717) is 12.1 Å². The fourth-order valence-corrected chi connectivity index (χ4v) is 2.32. The van der Waals surface area contributed by atoms with Crippen molar-refractivity contribution in [3.63, 3.8) is 0 Å². The first-order valence-corrected chi connectivity index (χ1v) is 8.74. The van der Waals surface area contributed by atoms with Crippen LogP contribution < -0.4 is 10.6 Å². The molecular formula is C15H20Cl3N3O3. The zero-order valence-electron chi connectivity index (χ0n) is 13.2. The number of nitro benzene ring substituents is 1. The van der Waals surface area contributed by atoms with E-state index in [-0.39, 0.29) is 11.6 Å². The minimum atomic E-state index is -1.78. The molecule has 0 bridgehead atoms. The standard InChI is InChI=1S/C15H20Cl3N3O3/c1-2-3-4-5-6-13(22)20-14(15(16,17)18)19-11-7-9-12(10-8-11)21(23)24/h7-10,14,19H,2-6H2,1H3,(H,20,22). The third kappa shape index (κ3) is 7.55. The Morgan fingerprint density at radius 2 is 1.83 bits per heavy atom. The molecule has 24 heavy (non-hydrogen) atoms. The number of amides is 1. The van der Waals surface area contributed by atoms with Crippen molar-refractivity contribution >= 4 is 52.1 Å². The van der Waals surface area contributed by atoms with Gasteiger partial charge in [-0.1, -0.05) is 61.0 Å². The maximum atomic E-state index is 12.0. The van der Waals surface area contributed by atoms with E-state index >= 15 is 0 Å². The molecule has 0 saturated heterocycles. The fourth-order valence-electron chi connectivity index (χ4n) is 1.99. The predicted molar refractivity (Wildman–Crippen MR) is 97.7 cm³/mol. The summed E-state index contributed by atoms with van der Waals surface area (Å²) in [4.78, 5) is 22.1. The number of halogens is 3. The van der Waals surface area contributed by atoms with Crippen molar-refractivity contribution in [2.45, 2.75) is 49.0 Å². The molecule has 0 heterocycles. The van der Waals surface area contributed by atoms with Gasteiger partial charge in [-0.25, -0.2) is 0 Å². The van der Waals surface area contributed by atoms with Crippen LogP contribution in [-0.2, 0) is 4.79 Å². The fraction of sp³-hybridized carbons (Fsp3) is 0.533. The Morgan fingerprint density at radius 3 is 2.33 bits per heavy atom. The van der Waals surface area contributed by atoms with Crippen molar-refractivity contribution in [2.24, 2.45) is 0 Å². The second-order valence-corrected chi connectivity index (χ2v) is 7.67. The molecule has 0 aliphatic carbocycles. The first-order valence-electron chi connectivity index (χ1n) is 7.61. The number of hydrogen-bond donors (Lipinski definition) is 2. The molecule has 134 valence electrons. The molecule has 6 nitrogen and oxygen atoms in total. The normalized spacial score (nSPS) is 12.5.